The van der Waals surface area contributed by atoms with Gasteiger partial charge in [0.05, 0.1) is 4.47 Å². The van der Waals surface area contributed by atoms with Crippen LogP contribution in [0.5, 0.6) is 5.75 Å². The maximum absolute atomic E-state index is 12.6. The summed E-state index contributed by atoms with van der Waals surface area (Å²) >= 11 is 3.49. The number of ether oxygens (including phenoxy) is 1. The Morgan fingerprint density at radius 3 is 2.76 bits per heavy atom. The van der Waals surface area contributed by atoms with Gasteiger partial charge < -0.3 is 9.64 Å². The highest BCUT2D eigenvalue weighted by Crippen LogP contribution is 2.30. The van der Waals surface area contributed by atoms with Gasteiger partial charge in [-0.3, -0.25) is 4.79 Å². The summed E-state index contributed by atoms with van der Waals surface area (Å²) < 4.78 is 6.75. The van der Waals surface area contributed by atoms with Gasteiger partial charge in [-0.15, -0.1) is 0 Å². The van der Waals surface area contributed by atoms with Gasteiger partial charge >= 0.3 is 0 Å². The Kier molecular flexibility index (Phi) is 5.68. The first-order valence-electron chi connectivity index (χ1n) is 7.72. The first-order chi connectivity index (χ1) is 10.0. The molecular weight excluding hydrogens is 330 g/mol. The van der Waals surface area contributed by atoms with Crippen molar-refractivity contribution in [1.29, 1.82) is 0 Å². The lowest BCUT2D eigenvalue weighted by Crippen LogP contribution is -2.42. The van der Waals surface area contributed by atoms with Gasteiger partial charge in [-0.1, -0.05) is 13.0 Å². The predicted molar refractivity (Wildman–Crippen MR) is 88.6 cm³/mol. The molecule has 0 N–H and O–H groups in total. The maximum atomic E-state index is 12.6. The fourth-order valence-corrected chi connectivity index (χ4v) is 2.96. The number of amides is 1. The summed E-state index contributed by atoms with van der Waals surface area (Å²) in [6.07, 6.45) is 3.05. The average molecular weight is 354 g/mol. The molecule has 1 aliphatic carbocycles. The van der Waals surface area contributed by atoms with Crippen molar-refractivity contribution in [2.75, 3.05) is 13.1 Å². The van der Waals surface area contributed by atoms with Crippen molar-refractivity contribution in [2.45, 2.75) is 46.1 Å². The van der Waals surface area contributed by atoms with Gasteiger partial charge in [0.1, 0.15) is 5.75 Å². The van der Waals surface area contributed by atoms with E-state index in [9.17, 15) is 4.79 Å². The Morgan fingerprint density at radius 2 is 2.19 bits per heavy atom. The highest BCUT2D eigenvalue weighted by atomic mass is 79.9. The van der Waals surface area contributed by atoms with Crippen molar-refractivity contribution >= 4 is 21.8 Å². The molecule has 0 saturated heterocycles. The zero-order chi connectivity index (χ0) is 15.4. The molecule has 0 aromatic heterocycles. The summed E-state index contributed by atoms with van der Waals surface area (Å²) in [5.74, 6) is 1.53. The number of hydrogen-bond acceptors (Lipinski definition) is 2. The van der Waals surface area contributed by atoms with Crippen LogP contribution in [0.15, 0.2) is 22.7 Å². The molecule has 1 aliphatic rings. The van der Waals surface area contributed by atoms with Gasteiger partial charge in [0.15, 0.2) is 6.10 Å². The highest BCUT2D eigenvalue weighted by Gasteiger charge is 2.29. The molecular formula is C17H24BrNO2. The average Bonchev–Trinajstić information content (AvgIpc) is 3.24. The maximum Gasteiger partial charge on any atom is 0.263 e. The summed E-state index contributed by atoms with van der Waals surface area (Å²) in [5.41, 5.74) is 1.16. The number of rotatable bonds is 7. The third-order valence-corrected chi connectivity index (χ3v) is 4.34. The molecule has 3 nitrogen and oxygen atoms in total. The van der Waals surface area contributed by atoms with E-state index in [0.717, 1.165) is 35.3 Å². The Balaban J connectivity index is 1.99. The summed E-state index contributed by atoms with van der Waals surface area (Å²) in [7, 11) is 0. The Hall–Kier alpha value is -1.03. The van der Waals surface area contributed by atoms with Crippen LogP contribution in [0.1, 0.15) is 38.7 Å². The molecule has 0 bridgehead atoms. The van der Waals surface area contributed by atoms with Crippen LogP contribution in [0.2, 0.25) is 0 Å². The molecule has 1 amide bonds. The molecule has 2 rings (SSSR count). The van der Waals surface area contributed by atoms with Crippen molar-refractivity contribution < 1.29 is 9.53 Å². The third-order valence-electron chi connectivity index (χ3n) is 3.72. The minimum Gasteiger partial charge on any atom is -0.480 e. The standard InChI is InChI=1S/C17H24BrNO2/c1-4-9-19(11-14-6-7-14)17(20)13(3)21-16-8-5-12(2)10-15(16)18/h5,8,10,13-14H,4,6-7,9,11H2,1-3H3. The van der Waals surface area contributed by atoms with E-state index in [4.69, 9.17) is 4.74 Å². The van der Waals surface area contributed by atoms with E-state index in [2.05, 4.69) is 22.9 Å². The van der Waals surface area contributed by atoms with E-state index in [1.165, 1.54) is 12.8 Å². The van der Waals surface area contributed by atoms with Crippen LogP contribution in [-0.2, 0) is 4.79 Å². The van der Waals surface area contributed by atoms with Crippen molar-refractivity contribution in [1.82, 2.24) is 4.90 Å². The summed E-state index contributed by atoms with van der Waals surface area (Å²) in [4.78, 5) is 14.5. The van der Waals surface area contributed by atoms with Crippen molar-refractivity contribution in [2.24, 2.45) is 5.92 Å². The van der Waals surface area contributed by atoms with Crippen LogP contribution in [0.25, 0.3) is 0 Å². The number of nitrogens with zero attached hydrogens (tertiary/aromatic N) is 1. The number of hydrogen-bond donors (Lipinski definition) is 0. The summed E-state index contributed by atoms with van der Waals surface area (Å²) in [6, 6.07) is 5.90. The fourth-order valence-electron chi connectivity index (χ4n) is 2.37. The lowest BCUT2D eigenvalue weighted by atomic mass is 10.2. The van der Waals surface area contributed by atoms with Crippen molar-refractivity contribution in [3.63, 3.8) is 0 Å². The van der Waals surface area contributed by atoms with Gasteiger partial charge in [-0.2, -0.15) is 0 Å². The molecule has 0 heterocycles. The molecule has 21 heavy (non-hydrogen) atoms. The second kappa shape index (κ2) is 7.30. The van der Waals surface area contributed by atoms with Crippen LogP contribution in [0.3, 0.4) is 0 Å². The largest absolute Gasteiger partial charge is 0.480 e. The molecule has 1 aromatic rings. The van der Waals surface area contributed by atoms with E-state index in [-0.39, 0.29) is 5.91 Å². The van der Waals surface area contributed by atoms with Gasteiger partial charge in [-0.05, 0) is 72.7 Å². The normalized spacial score (nSPS) is 15.6. The smallest absolute Gasteiger partial charge is 0.263 e. The molecule has 0 radical (unpaired) electrons. The second-order valence-corrected chi connectivity index (χ2v) is 6.78. The Labute approximate surface area is 135 Å². The van der Waals surface area contributed by atoms with Crippen LogP contribution in [-0.4, -0.2) is 30.0 Å². The number of carbonyl (C=O) groups excluding carboxylic acids is 1. The molecule has 1 fully saturated rings. The summed E-state index contributed by atoms with van der Waals surface area (Å²) in [6.45, 7) is 7.68. The zero-order valence-electron chi connectivity index (χ0n) is 13.1. The van der Waals surface area contributed by atoms with E-state index in [1.54, 1.807) is 0 Å². The van der Waals surface area contributed by atoms with E-state index in [0.29, 0.717) is 5.92 Å². The van der Waals surface area contributed by atoms with Gasteiger partial charge in [0.25, 0.3) is 5.91 Å². The number of aryl methyl sites for hydroxylation is 1. The Bertz CT molecular complexity index is 500. The van der Waals surface area contributed by atoms with Crippen LogP contribution in [0, 0.1) is 12.8 Å². The first-order valence-corrected chi connectivity index (χ1v) is 8.52. The van der Waals surface area contributed by atoms with Gasteiger partial charge in [0, 0.05) is 13.1 Å². The topological polar surface area (TPSA) is 29.5 Å². The minimum atomic E-state index is -0.450. The second-order valence-electron chi connectivity index (χ2n) is 5.92. The lowest BCUT2D eigenvalue weighted by molar-refractivity contribution is -0.138. The SMILES string of the molecule is CCCN(CC1CC1)C(=O)C(C)Oc1ccc(C)cc1Br. The van der Waals surface area contributed by atoms with E-state index < -0.39 is 6.10 Å². The molecule has 1 atom stereocenters. The molecule has 0 spiro atoms. The molecule has 1 aromatic carbocycles. The van der Waals surface area contributed by atoms with Gasteiger partial charge in [0.2, 0.25) is 0 Å². The van der Waals surface area contributed by atoms with Crippen LogP contribution >= 0.6 is 15.9 Å². The van der Waals surface area contributed by atoms with Gasteiger partial charge in [-0.25, -0.2) is 0 Å². The van der Waals surface area contributed by atoms with Crippen molar-refractivity contribution in [3.8, 4) is 5.75 Å². The lowest BCUT2D eigenvalue weighted by Gasteiger charge is -2.26. The number of carbonyl (C=O) groups is 1. The van der Waals surface area contributed by atoms with E-state index >= 15 is 0 Å². The quantitative estimate of drug-likeness (QED) is 0.735. The van der Waals surface area contributed by atoms with Crippen molar-refractivity contribution in [3.05, 3.63) is 28.2 Å². The fraction of sp³-hybridized carbons (Fsp3) is 0.588. The third kappa shape index (κ3) is 4.73. The first kappa shape index (κ1) is 16.3. The molecule has 1 unspecified atom stereocenters. The molecule has 1 saturated carbocycles. The zero-order valence-corrected chi connectivity index (χ0v) is 14.6. The Morgan fingerprint density at radius 1 is 1.48 bits per heavy atom. The minimum absolute atomic E-state index is 0.0937. The molecule has 4 heteroatoms. The number of benzene rings is 1. The van der Waals surface area contributed by atoms with Crippen LogP contribution < -0.4 is 4.74 Å². The highest BCUT2D eigenvalue weighted by molar-refractivity contribution is 9.10. The van der Waals surface area contributed by atoms with Crippen LogP contribution in [0.4, 0.5) is 0 Å². The monoisotopic (exact) mass is 353 g/mol. The molecule has 0 aliphatic heterocycles. The predicted octanol–water partition coefficient (Wildman–Crippen LogP) is 4.17. The van der Waals surface area contributed by atoms with E-state index in [1.807, 2.05) is 36.9 Å². The molecule has 116 valence electrons. The number of halogens is 1. The summed E-state index contributed by atoms with van der Waals surface area (Å²) in [5, 5.41) is 0.